The van der Waals surface area contributed by atoms with Crippen LogP contribution in [0.4, 0.5) is 0 Å². The van der Waals surface area contributed by atoms with Crippen molar-refractivity contribution in [3.63, 3.8) is 0 Å². The third-order valence-corrected chi connectivity index (χ3v) is 3.31. The zero-order valence-electron chi connectivity index (χ0n) is 9.46. The highest BCUT2D eigenvalue weighted by molar-refractivity contribution is 5.86. The minimum atomic E-state index is -0.630. The standard InChI is InChI=1S/C12H19N3O/c13-12(5-2-1-3-6-12)11(16)15-9-10-4-7-14-8-10/h4,7-8,14H,1-3,5-6,9,13H2,(H,15,16). The van der Waals surface area contributed by atoms with Crippen molar-refractivity contribution in [3.8, 4) is 0 Å². The van der Waals surface area contributed by atoms with Gasteiger partial charge in [0.1, 0.15) is 0 Å². The fourth-order valence-electron chi connectivity index (χ4n) is 2.24. The van der Waals surface area contributed by atoms with Crippen LogP contribution in [0.5, 0.6) is 0 Å². The van der Waals surface area contributed by atoms with Crippen LogP contribution in [0.15, 0.2) is 18.5 Å². The largest absolute Gasteiger partial charge is 0.367 e. The Morgan fingerprint density at radius 2 is 2.19 bits per heavy atom. The molecule has 1 aliphatic rings. The van der Waals surface area contributed by atoms with E-state index < -0.39 is 5.54 Å². The second-order valence-electron chi connectivity index (χ2n) is 4.62. The molecule has 0 radical (unpaired) electrons. The Morgan fingerprint density at radius 1 is 1.44 bits per heavy atom. The second-order valence-corrected chi connectivity index (χ2v) is 4.62. The fraction of sp³-hybridized carbons (Fsp3) is 0.583. The Balaban J connectivity index is 1.87. The minimum absolute atomic E-state index is 0.00611. The monoisotopic (exact) mass is 221 g/mol. The van der Waals surface area contributed by atoms with Gasteiger partial charge in [0.25, 0.3) is 0 Å². The van der Waals surface area contributed by atoms with Crippen LogP contribution in [0, 0.1) is 0 Å². The van der Waals surface area contributed by atoms with Gasteiger partial charge in [0.2, 0.25) is 5.91 Å². The number of hydrogen-bond donors (Lipinski definition) is 3. The first-order valence-electron chi connectivity index (χ1n) is 5.90. The van der Waals surface area contributed by atoms with Crippen molar-refractivity contribution in [2.24, 2.45) is 5.73 Å². The lowest BCUT2D eigenvalue weighted by molar-refractivity contribution is -0.127. The molecule has 1 aromatic rings. The number of H-pyrrole nitrogens is 1. The van der Waals surface area contributed by atoms with E-state index in [0.717, 1.165) is 31.2 Å². The van der Waals surface area contributed by atoms with Crippen molar-refractivity contribution >= 4 is 5.91 Å². The summed E-state index contributed by atoms with van der Waals surface area (Å²) in [5.74, 6) is -0.00611. The molecular formula is C12H19N3O. The molecule has 0 aliphatic heterocycles. The quantitative estimate of drug-likeness (QED) is 0.719. The number of rotatable bonds is 3. The number of hydrogen-bond acceptors (Lipinski definition) is 2. The van der Waals surface area contributed by atoms with Crippen molar-refractivity contribution in [3.05, 3.63) is 24.0 Å². The highest BCUT2D eigenvalue weighted by Gasteiger charge is 2.34. The van der Waals surface area contributed by atoms with Gasteiger partial charge in [-0.1, -0.05) is 19.3 Å². The van der Waals surface area contributed by atoms with Crippen molar-refractivity contribution in [2.75, 3.05) is 0 Å². The average molecular weight is 221 g/mol. The molecule has 0 bridgehead atoms. The molecule has 0 spiro atoms. The fourth-order valence-corrected chi connectivity index (χ4v) is 2.24. The molecule has 0 unspecified atom stereocenters. The van der Waals surface area contributed by atoms with Gasteiger partial charge < -0.3 is 16.0 Å². The molecule has 1 amide bonds. The zero-order chi connectivity index (χ0) is 11.4. The number of carbonyl (C=O) groups excluding carboxylic acids is 1. The minimum Gasteiger partial charge on any atom is -0.367 e. The maximum atomic E-state index is 12.0. The molecule has 88 valence electrons. The summed E-state index contributed by atoms with van der Waals surface area (Å²) in [6.45, 7) is 0.557. The summed E-state index contributed by atoms with van der Waals surface area (Å²) in [5.41, 5.74) is 6.57. The molecule has 1 aliphatic carbocycles. The molecule has 0 atom stereocenters. The van der Waals surface area contributed by atoms with Gasteiger partial charge in [0.15, 0.2) is 0 Å². The van der Waals surface area contributed by atoms with Gasteiger partial charge >= 0.3 is 0 Å². The maximum absolute atomic E-state index is 12.0. The summed E-state index contributed by atoms with van der Waals surface area (Å²) < 4.78 is 0. The molecule has 4 nitrogen and oxygen atoms in total. The summed E-state index contributed by atoms with van der Waals surface area (Å²) in [6.07, 6.45) is 8.68. The normalized spacial score (nSPS) is 19.3. The summed E-state index contributed by atoms with van der Waals surface area (Å²) >= 11 is 0. The van der Waals surface area contributed by atoms with Gasteiger partial charge in [0, 0.05) is 18.9 Å². The molecule has 1 saturated carbocycles. The molecule has 1 heterocycles. The first-order chi connectivity index (χ1) is 7.71. The van der Waals surface area contributed by atoms with Crippen molar-refractivity contribution in [2.45, 2.75) is 44.2 Å². The SMILES string of the molecule is NC1(C(=O)NCc2cc[nH]c2)CCCCC1. The zero-order valence-corrected chi connectivity index (χ0v) is 9.46. The first kappa shape index (κ1) is 11.2. The van der Waals surface area contributed by atoms with Crippen molar-refractivity contribution in [1.29, 1.82) is 0 Å². The van der Waals surface area contributed by atoms with Crippen LogP contribution in [0.1, 0.15) is 37.7 Å². The van der Waals surface area contributed by atoms with Gasteiger partial charge in [-0.3, -0.25) is 4.79 Å². The van der Waals surface area contributed by atoms with Gasteiger partial charge in [-0.15, -0.1) is 0 Å². The number of aromatic nitrogens is 1. The smallest absolute Gasteiger partial charge is 0.240 e. The van der Waals surface area contributed by atoms with E-state index in [1.165, 1.54) is 6.42 Å². The van der Waals surface area contributed by atoms with E-state index >= 15 is 0 Å². The van der Waals surface area contributed by atoms with Crippen LogP contribution in [0.2, 0.25) is 0 Å². The molecule has 1 aromatic heterocycles. The highest BCUT2D eigenvalue weighted by atomic mass is 16.2. The summed E-state index contributed by atoms with van der Waals surface area (Å²) in [6, 6.07) is 1.95. The molecule has 2 rings (SSSR count). The molecule has 16 heavy (non-hydrogen) atoms. The molecule has 0 saturated heterocycles. The molecule has 1 fully saturated rings. The average Bonchev–Trinajstić information content (AvgIpc) is 2.79. The van der Waals surface area contributed by atoms with Gasteiger partial charge in [-0.05, 0) is 24.5 Å². The Bertz CT molecular complexity index is 339. The van der Waals surface area contributed by atoms with Crippen molar-refractivity contribution < 1.29 is 4.79 Å². The van der Waals surface area contributed by atoms with Crippen LogP contribution in [-0.2, 0) is 11.3 Å². The number of amides is 1. The summed E-state index contributed by atoms with van der Waals surface area (Å²) in [5, 5.41) is 2.91. The van der Waals surface area contributed by atoms with Gasteiger partial charge in [-0.2, -0.15) is 0 Å². The van der Waals surface area contributed by atoms with Crippen LogP contribution in [0.3, 0.4) is 0 Å². The summed E-state index contributed by atoms with van der Waals surface area (Å²) in [7, 11) is 0. The lowest BCUT2D eigenvalue weighted by Crippen LogP contribution is -2.54. The van der Waals surface area contributed by atoms with E-state index in [2.05, 4.69) is 10.3 Å². The number of carbonyl (C=O) groups is 1. The topological polar surface area (TPSA) is 70.9 Å². The van der Waals surface area contributed by atoms with E-state index in [1.54, 1.807) is 0 Å². The molecular weight excluding hydrogens is 202 g/mol. The second kappa shape index (κ2) is 4.70. The lowest BCUT2D eigenvalue weighted by atomic mass is 9.82. The first-order valence-corrected chi connectivity index (χ1v) is 5.90. The van der Waals surface area contributed by atoms with Crippen LogP contribution in [-0.4, -0.2) is 16.4 Å². The van der Waals surface area contributed by atoms with Crippen LogP contribution >= 0.6 is 0 Å². The predicted octanol–water partition coefficient (Wildman–Crippen LogP) is 1.29. The third-order valence-electron chi connectivity index (χ3n) is 3.31. The van der Waals surface area contributed by atoms with E-state index in [-0.39, 0.29) is 5.91 Å². The van der Waals surface area contributed by atoms with E-state index in [9.17, 15) is 4.79 Å². The number of nitrogens with two attached hydrogens (primary N) is 1. The van der Waals surface area contributed by atoms with E-state index in [0.29, 0.717) is 6.54 Å². The van der Waals surface area contributed by atoms with E-state index in [4.69, 9.17) is 5.73 Å². The maximum Gasteiger partial charge on any atom is 0.240 e. The number of aromatic amines is 1. The highest BCUT2D eigenvalue weighted by Crippen LogP contribution is 2.25. The molecule has 4 N–H and O–H groups in total. The third kappa shape index (κ3) is 2.44. The van der Waals surface area contributed by atoms with Gasteiger partial charge in [-0.25, -0.2) is 0 Å². The van der Waals surface area contributed by atoms with Crippen LogP contribution in [0.25, 0.3) is 0 Å². The Morgan fingerprint density at radius 3 is 2.81 bits per heavy atom. The summed E-state index contributed by atoms with van der Waals surface area (Å²) in [4.78, 5) is 14.9. The van der Waals surface area contributed by atoms with Crippen molar-refractivity contribution in [1.82, 2.24) is 10.3 Å². The Labute approximate surface area is 95.6 Å². The predicted molar refractivity (Wildman–Crippen MR) is 62.6 cm³/mol. The lowest BCUT2D eigenvalue weighted by Gasteiger charge is -2.31. The Hall–Kier alpha value is -1.29. The Kier molecular flexibility index (Phi) is 3.29. The van der Waals surface area contributed by atoms with E-state index in [1.807, 2.05) is 18.5 Å². The number of nitrogens with one attached hydrogen (secondary N) is 2. The van der Waals surface area contributed by atoms with Gasteiger partial charge in [0.05, 0.1) is 5.54 Å². The molecule has 0 aromatic carbocycles. The van der Waals surface area contributed by atoms with Crippen LogP contribution < -0.4 is 11.1 Å². The molecule has 4 heteroatoms.